The van der Waals surface area contributed by atoms with Gasteiger partial charge in [-0.1, -0.05) is 6.92 Å². The molecule has 2 rings (SSSR count). The second kappa shape index (κ2) is 5.03. The number of nitrogens with zero attached hydrogens (tertiary/aromatic N) is 1. The summed E-state index contributed by atoms with van der Waals surface area (Å²) < 4.78 is 5.79. The molecule has 2 saturated heterocycles. The molecule has 3 unspecified atom stereocenters. The number of rotatable bonds is 3. The van der Waals surface area contributed by atoms with Crippen molar-refractivity contribution >= 4 is 0 Å². The van der Waals surface area contributed by atoms with E-state index in [9.17, 15) is 0 Å². The van der Waals surface area contributed by atoms with E-state index in [2.05, 4.69) is 31.0 Å². The average molecular weight is 226 g/mol. The highest BCUT2D eigenvalue weighted by atomic mass is 16.5. The molecule has 0 aliphatic carbocycles. The lowest BCUT2D eigenvalue weighted by molar-refractivity contribution is -0.0769. The number of nitrogens with one attached hydrogen (secondary N) is 1. The summed E-state index contributed by atoms with van der Waals surface area (Å²) in [5.41, 5.74) is 0.525. The molecule has 0 bridgehead atoms. The van der Waals surface area contributed by atoms with Gasteiger partial charge in [0.25, 0.3) is 0 Å². The van der Waals surface area contributed by atoms with Crippen LogP contribution in [0.3, 0.4) is 0 Å². The highest BCUT2D eigenvalue weighted by Crippen LogP contribution is 2.31. The summed E-state index contributed by atoms with van der Waals surface area (Å²) in [6, 6.07) is 0. The van der Waals surface area contributed by atoms with Crippen LogP contribution in [0, 0.1) is 5.41 Å². The van der Waals surface area contributed by atoms with Crippen molar-refractivity contribution in [1.82, 2.24) is 10.2 Å². The molecule has 0 amide bonds. The molecular formula is C13H26N2O. The third kappa shape index (κ3) is 2.76. The molecule has 0 saturated carbocycles. The van der Waals surface area contributed by atoms with E-state index in [4.69, 9.17) is 4.74 Å². The smallest absolute Gasteiger partial charge is 0.0678 e. The summed E-state index contributed by atoms with van der Waals surface area (Å²) >= 11 is 0. The van der Waals surface area contributed by atoms with E-state index in [1.807, 2.05) is 0 Å². The van der Waals surface area contributed by atoms with Crippen molar-refractivity contribution in [1.29, 1.82) is 0 Å². The molecule has 2 aliphatic rings. The fraction of sp³-hybridized carbons (Fsp3) is 1.00. The quantitative estimate of drug-likeness (QED) is 0.789. The lowest BCUT2D eigenvalue weighted by atomic mass is 9.83. The summed E-state index contributed by atoms with van der Waals surface area (Å²) in [6.45, 7) is 12.6. The van der Waals surface area contributed by atoms with Gasteiger partial charge in [-0.05, 0) is 38.6 Å². The van der Waals surface area contributed by atoms with Gasteiger partial charge in [-0.25, -0.2) is 0 Å². The zero-order chi connectivity index (χ0) is 11.6. The third-order valence-corrected chi connectivity index (χ3v) is 4.14. The van der Waals surface area contributed by atoms with Crippen molar-refractivity contribution in [2.45, 2.75) is 45.8 Å². The maximum absolute atomic E-state index is 5.79. The number of ether oxygens (including phenoxy) is 1. The van der Waals surface area contributed by atoms with Gasteiger partial charge in [0.2, 0.25) is 0 Å². The van der Waals surface area contributed by atoms with E-state index in [0.29, 0.717) is 17.6 Å². The van der Waals surface area contributed by atoms with Gasteiger partial charge >= 0.3 is 0 Å². The third-order valence-electron chi connectivity index (χ3n) is 4.14. The minimum Gasteiger partial charge on any atom is -0.373 e. The van der Waals surface area contributed by atoms with Crippen molar-refractivity contribution in [3.8, 4) is 0 Å². The van der Waals surface area contributed by atoms with Gasteiger partial charge in [0, 0.05) is 26.2 Å². The van der Waals surface area contributed by atoms with E-state index in [1.54, 1.807) is 0 Å². The molecule has 2 fully saturated rings. The number of hydrogen-bond acceptors (Lipinski definition) is 3. The largest absolute Gasteiger partial charge is 0.373 e. The summed E-state index contributed by atoms with van der Waals surface area (Å²) in [5, 5.41) is 3.52. The van der Waals surface area contributed by atoms with Crippen molar-refractivity contribution in [3.05, 3.63) is 0 Å². The fourth-order valence-corrected chi connectivity index (χ4v) is 3.23. The van der Waals surface area contributed by atoms with Gasteiger partial charge < -0.3 is 10.1 Å². The zero-order valence-electron chi connectivity index (χ0n) is 11.0. The van der Waals surface area contributed by atoms with E-state index in [-0.39, 0.29) is 0 Å². The lowest BCUT2D eigenvalue weighted by Crippen LogP contribution is -2.50. The second-order valence-electron chi connectivity index (χ2n) is 5.73. The Balaban J connectivity index is 1.92. The standard InChI is InChI=1S/C13H26N2O/c1-4-13(5-6-14-9-13)10-15-7-11(2)16-12(3)8-15/h11-12,14H,4-10H2,1-3H3. The summed E-state index contributed by atoms with van der Waals surface area (Å²) in [7, 11) is 0. The van der Waals surface area contributed by atoms with Crippen molar-refractivity contribution < 1.29 is 4.74 Å². The van der Waals surface area contributed by atoms with Gasteiger partial charge in [0.1, 0.15) is 0 Å². The molecule has 16 heavy (non-hydrogen) atoms. The first kappa shape index (κ1) is 12.3. The summed E-state index contributed by atoms with van der Waals surface area (Å²) in [5.74, 6) is 0. The molecule has 3 heteroatoms. The van der Waals surface area contributed by atoms with Crippen LogP contribution >= 0.6 is 0 Å². The van der Waals surface area contributed by atoms with Crippen molar-refractivity contribution in [2.24, 2.45) is 5.41 Å². The van der Waals surface area contributed by atoms with Crippen molar-refractivity contribution in [3.63, 3.8) is 0 Å². The maximum atomic E-state index is 5.79. The van der Waals surface area contributed by atoms with Crippen LogP contribution in [-0.4, -0.2) is 49.8 Å². The molecular weight excluding hydrogens is 200 g/mol. The Morgan fingerprint density at radius 2 is 2.00 bits per heavy atom. The van der Waals surface area contributed by atoms with Gasteiger partial charge in [0.15, 0.2) is 0 Å². The minimum atomic E-state index is 0.395. The molecule has 3 nitrogen and oxygen atoms in total. The molecule has 0 aromatic heterocycles. The van der Waals surface area contributed by atoms with Gasteiger partial charge in [-0.15, -0.1) is 0 Å². The van der Waals surface area contributed by atoms with Crippen LogP contribution in [0.25, 0.3) is 0 Å². The Morgan fingerprint density at radius 1 is 1.31 bits per heavy atom. The molecule has 3 atom stereocenters. The summed E-state index contributed by atoms with van der Waals surface area (Å²) in [6.07, 6.45) is 3.42. The van der Waals surface area contributed by atoms with E-state index < -0.39 is 0 Å². The van der Waals surface area contributed by atoms with Gasteiger partial charge in [-0.2, -0.15) is 0 Å². The van der Waals surface area contributed by atoms with E-state index in [0.717, 1.165) is 13.1 Å². The van der Waals surface area contributed by atoms with Crippen LogP contribution in [0.4, 0.5) is 0 Å². The lowest BCUT2D eigenvalue weighted by Gasteiger charge is -2.40. The SMILES string of the molecule is CCC1(CN2CC(C)OC(C)C2)CCNC1. The Bertz CT molecular complexity index is 216. The first-order valence-corrected chi connectivity index (χ1v) is 6.72. The highest BCUT2D eigenvalue weighted by molar-refractivity contribution is 4.90. The van der Waals surface area contributed by atoms with Crippen LogP contribution in [0.5, 0.6) is 0 Å². The average Bonchev–Trinajstić information content (AvgIpc) is 2.65. The predicted molar refractivity (Wildman–Crippen MR) is 66.7 cm³/mol. The Labute approximate surface area is 99.5 Å². The Kier molecular flexibility index (Phi) is 3.88. The van der Waals surface area contributed by atoms with Gasteiger partial charge in [-0.3, -0.25) is 4.90 Å². The number of morpholine rings is 1. The molecule has 1 N–H and O–H groups in total. The monoisotopic (exact) mass is 226 g/mol. The van der Waals surface area contributed by atoms with Crippen LogP contribution in [-0.2, 0) is 4.74 Å². The molecule has 0 aromatic carbocycles. The predicted octanol–water partition coefficient (Wildman–Crippen LogP) is 1.49. The van der Waals surface area contributed by atoms with E-state index >= 15 is 0 Å². The minimum absolute atomic E-state index is 0.395. The first-order valence-electron chi connectivity index (χ1n) is 6.72. The van der Waals surface area contributed by atoms with Crippen LogP contribution in [0.1, 0.15) is 33.6 Å². The molecule has 94 valence electrons. The van der Waals surface area contributed by atoms with Crippen LogP contribution in [0.15, 0.2) is 0 Å². The number of hydrogen-bond donors (Lipinski definition) is 1. The van der Waals surface area contributed by atoms with Gasteiger partial charge in [0.05, 0.1) is 12.2 Å². The molecule has 0 aromatic rings. The summed E-state index contributed by atoms with van der Waals surface area (Å²) in [4.78, 5) is 2.61. The fourth-order valence-electron chi connectivity index (χ4n) is 3.23. The normalized spacial score (nSPS) is 41.4. The van der Waals surface area contributed by atoms with E-state index in [1.165, 1.54) is 32.5 Å². The Hall–Kier alpha value is -0.120. The second-order valence-corrected chi connectivity index (χ2v) is 5.73. The molecule has 2 heterocycles. The zero-order valence-corrected chi connectivity index (χ0v) is 11.0. The molecule has 0 radical (unpaired) electrons. The topological polar surface area (TPSA) is 24.5 Å². The molecule has 0 spiro atoms. The first-order chi connectivity index (χ1) is 7.63. The van der Waals surface area contributed by atoms with Crippen molar-refractivity contribution in [2.75, 3.05) is 32.7 Å². The Morgan fingerprint density at radius 3 is 2.50 bits per heavy atom. The van der Waals surface area contributed by atoms with Crippen LogP contribution < -0.4 is 5.32 Å². The highest BCUT2D eigenvalue weighted by Gasteiger charge is 2.35. The van der Waals surface area contributed by atoms with Crippen LogP contribution in [0.2, 0.25) is 0 Å². The maximum Gasteiger partial charge on any atom is 0.0678 e. The molecule has 2 aliphatic heterocycles.